The molecule has 0 amide bonds. The third-order valence-corrected chi connectivity index (χ3v) is 7.61. The molecule has 2 heterocycles. The predicted molar refractivity (Wildman–Crippen MR) is 86.5 cm³/mol. The third-order valence-electron chi connectivity index (χ3n) is 5.39. The molecule has 124 valence electrons. The number of hydrogen-bond donors (Lipinski definition) is 0. The molecule has 0 aliphatic heterocycles. The molecule has 0 saturated heterocycles. The van der Waals surface area contributed by atoms with E-state index in [1.807, 2.05) is 0 Å². The van der Waals surface area contributed by atoms with Gasteiger partial charge in [-0.3, -0.25) is 0 Å². The normalized spacial score (nSPS) is 20.9. The van der Waals surface area contributed by atoms with Gasteiger partial charge < -0.3 is 8.83 Å². The van der Waals surface area contributed by atoms with Crippen molar-refractivity contribution in [3.05, 3.63) is 43.3 Å². The van der Waals surface area contributed by atoms with Crippen LogP contribution in [0.15, 0.2) is 33.1 Å². The average molecular weight is 425 g/mol. The summed E-state index contributed by atoms with van der Waals surface area (Å²) in [6.45, 7) is 0. The first-order valence-electron chi connectivity index (χ1n) is 9.23. The first kappa shape index (κ1) is 15.8. The monoisotopic (exact) mass is 425 g/mol. The van der Waals surface area contributed by atoms with Crippen molar-refractivity contribution in [1.82, 2.24) is 0 Å². The zero-order chi connectivity index (χ0) is 15.5. The largest absolute Gasteiger partial charge is 0.442 e. The van der Waals surface area contributed by atoms with Crippen LogP contribution in [0.1, 0.15) is 87.6 Å². The summed E-state index contributed by atoms with van der Waals surface area (Å²) in [4.78, 5) is 0. The van der Waals surface area contributed by atoms with Crippen LogP contribution in [0.3, 0.4) is 0 Å². The van der Waals surface area contributed by atoms with Gasteiger partial charge >= 0.3 is 28.7 Å². The lowest BCUT2D eigenvalue weighted by atomic mass is 9.88. The predicted octanol–water partition coefficient (Wildman–Crippen LogP) is 3.10. The molecule has 0 bridgehead atoms. The van der Waals surface area contributed by atoms with Gasteiger partial charge in [0.05, 0.1) is 0 Å². The Morgan fingerprint density at radius 2 is 1.04 bits per heavy atom. The summed E-state index contributed by atoms with van der Waals surface area (Å²) in [6.07, 6.45) is 13.4. The van der Waals surface area contributed by atoms with Crippen molar-refractivity contribution >= 4 is 0 Å². The maximum Gasteiger partial charge on any atom is 0.442 e. The second-order valence-electron chi connectivity index (χ2n) is 7.05. The fourth-order valence-corrected chi connectivity index (χ4v) is 6.03. The van der Waals surface area contributed by atoms with E-state index < -0.39 is 0 Å². The van der Waals surface area contributed by atoms with Gasteiger partial charge in [-0.1, -0.05) is 38.5 Å². The van der Waals surface area contributed by atoms with Crippen molar-refractivity contribution in [2.45, 2.75) is 76.0 Å². The van der Waals surface area contributed by atoms with Crippen LogP contribution >= 0.6 is 0 Å². The van der Waals surface area contributed by atoms with Crippen LogP contribution in [-0.2, 0) is 0 Å². The van der Waals surface area contributed by atoms with Crippen LogP contribution in [0.2, 0.25) is 0 Å². The Morgan fingerprint density at radius 1 is 0.609 bits per heavy atom. The number of halogens is 1. The highest BCUT2D eigenvalue weighted by molar-refractivity contribution is 5.07. The average Bonchev–Trinajstić information content (AvgIpc) is 3.27. The number of hydrogen-bond acceptors (Lipinski definition) is 2. The standard InChI is InChI=1S/C20H26IO2/c1-3-7-15(8-4-1)17-11-13-19(22-17)21-20-14-12-18(23-20)16-9-5-2-6-10-16/h11-16H,1-10H2/q+1. The highest BCUT2D eigenvalue weighted by Gasteiger charge is 2.28. The summed E-state index contributed by atoms with van der Waals surface area (Å²) in [5.41, 5.74) is 0. The van der Waals surface area contributed by atoms with Gasteiger partial charge in [0.15, 0.2) is 0 Å². The maximum atomic E-state index is 6.17. The van der Waals surface area contributed by atoms with Gasteiger partial charge in [0.1, 0.15) is 11.5 Å². The van der Waals surface area contributed by atoms with E-state index in [2.05, 4.69) is 24.3 Å². The molecule has 0 radical (unpaired) electrons. The molecule has 23 heavy (non-hydrogen) atoms. The highest BCUT2D eigenvalue weighted by Crippen LogP contribution is 2.33. The molecule has 2 aliphatic carbocycles. The summed E-state index contributed by atoms with van der Waals surface area (Å²) in [5.74, 6) is 3.77. The summed E-state index contributed by atoms with van der Waals surface area (Å²) in [6, 6.07) is 8.83. The molecule has 4 rings (SSSR count). The van der Waals surface area contributed by atoms with Crippen molar-refractivity contribution in [3.63, 3.8) is 0 Å². The van der Waals surface area contributed by atoms with Crippen LogP contribution in [-0.4, -0.2) is 0 Å². The molecule has 2 aromatic heterocycles. The summed E-state index contributed by atoms with van der Waals surface area (Å²) in [7, 11) is 0. The van der Waals surface area contributed by atoms with E-state index in [1.54, 1.807) is 0 Å². The Hall–Kier alpha value is -0.710. The lowest BCUT2D eigenvalue weighted by molar-refractivity contribution is -0.636. The fourth-order valence-electron chi connectivity index (χ4n) is 4.06. The van der Waals surface area contributed by atoms with Gasteiger partial charge in [-0.2, -0.15) is 0 Å². The molecule has 0 aromatic carbocycles. The van der Waals surface area contributed by atoms with Crippen LogP contribution in [0.4, 0.5) is 0 Å². The number of furan rings is 2. The van der Waals surface area contributed by atoms with E-state index in [0.717, 1.165) is 7.53 Å². The van der Waals surface area contributed by atoms with E-state index in [9.17, 15) is 0 Å². The van der Waals surface area contributed by atoms with Gasteiger partial charge in [-0.05, 0) is 37.8 Å². The Labute approximate surface area is 149 Å². The second kappa shape index (κ2) is 7.45. The Kier molecular flexibility index (Phi) is 5.12. The van der Waals surface area contributed by atoms with Crippen molar-refractivity contribution in [3.8, 4) is 0 Å². The first-order chi connectivity index (χ1) is 11.4. The lowest BCUT2D eigenvalue weighted by Gasteiger charge is -2.18. The molecule has 0 N–H and O–H groups in total. The molecular weight excluding hydrogens is 399 g/mol. The number of rotatable bonds is 4. The summed E-state index contributed by atoms with van der Waals surface area (Å²) in [5, 5.41) is 0. The van der Waals surface area contributed by atoms with Gasteiger partial charge in [0.25, 0.3) is 0 Å². The van der Waals surface area contributed by atoms with Gasteiger partial charge in [0, 0.05) is 24.0 Å². The minimum atomic E-state index is -0.308. The van der Waals surface area contributed by atoms with Crippen LogP contribution in [0, 0.1) is 7.53 Å². The minimum absolute atomic E-state index is 0.308. The van der Waals surface area contributed by atoms with Gasteiger partial charge in [0.2, 0.25) is 0 Å². The maximum absolute atomic E-state index is 6.17. The summed E-state index contributed by atoms with van der Waals surface area (Å²) < 4.78 is 14.7. The molecule has 2 saturated carbocycles. The molecule has 2 fully saturated rings. The Morgan fingerprint density at radius 3 is 1.48 bits per heavy atom. The SMILES string of the molecule is c1cc(C2CCCCC2)oc1[I+]c1ccc(C2CCCCC2)o1. The molecule has 0 spiro atoms. The van der Waals surface area contributed by atoms with Crippen molar-refractivity contribution < 1.29 is 30.0 Å². The topological polar surface area (TPSA) is 26.3 Å². The molecular formula is C20H26IO2+. The van der Waals surface area contributed by atoms with E-state index in [-0.39, 0.29) is 21.2 Å². The summed E-state index contributed by atoms with van der Waals surface area (Å²) >= 11 is -0.308. The van der Waals surface area contributed by atoms with Crippen molar-refractivity contribution in [2.24, 2.45) is 0 Å². The van der Waals surface area contributed by atoms with Crippen LogP contribution < -0.4 is 21.2 Å². The van der Waals surface area contributed by atoms with E-state index in [4.69, 9.17) is 8.83 Å². The molecule has 3 heteroatoms. The van der Waals surface area contributed by atoms with Crippen LogP contribution in [0.5, 0.6) is 0 Å². The van der Waals surface area contributed by atoms with Crippen LogP contribution in [0.25, 0.3) is 0 Å². The molecule has 2 aromatic rings. The van der Waals surface area contributed by atoms with Gasteiger partial charge in [-0.15, -0.1) is 0 Å². The lowest BCUT2D eigenvalue weighted by Crippen LogP contribution is -3.61. The molecule has 2 aliphatic rings. The van der Waals surface area contributed by atoms with Gasteiger partial charge in [-0.25, -0.2) is 0 Å². The first-order valence-corrected chi connectivity index (χ1v) is 11.4. The molecule has 0 atom stereocenters. The smallest absolute Gasteiger partial charge is 0.423 e. The second-order valence-corrected chi connectivity index (χ2v) is 9.71. The molecule has 0 unspecified atom stereocenters. The molecule has 2 nitrogen and oxygen atoms in total. The van der Waals surface area contributed by atoms with E-state index in [1.165, 1.54) is 75.7 Å². The zero-order valence-corrected chi connectivity index (χ0v) is 15.9. The Bertz CT molecular complexity index is 561. The zero-order valence-electron chi connectivity index (χ0n) is 13.7. The quantitative estimate of drug-likeness (QED) is 0.704. The fraction of sp³-hybridized carbons (Fsp3) is 0.600. The van der Waals surface area contributed by atoms with Crippen molar-refractivity contribution in [2.75, 3.05) is 0 Å². The third kappa shape index (κ3) is 3.86. The van der Waals surface area contributed by atoms with Crippen molar-refractivity contribution in [1.29, 1.82) is 0 Å². The van der Waals surface area contributed by atoms with E-state index >= 15 is 0 Å². The minimum Gasteiger partial charge on any atom is -0.423 e. The Balaban J connectivity index is 1.40. The highest BCUT2D eigenvalue weighted by atomic mass is 127. The van der Waals surface area contributed by atoms with E-state index in [0.29, 0.717) is 11.8 Å².